The molecule has 0 aromatic rings. The topological polar surface area (TPSA) is 66.9 Å². The molecule has 0 fully saturated rings. The fraction of sp³-hybridized carbons (Fsp3) is 0.667. The van der Waals surface area contributed by atoms with E-state index in [2.05, 4.69) is 0 Å². The van der Waals surface area contributed by atoms with Crippen molar-refractivity contribution in [2.24, 2.45) is 5.41 Å². The normalized spacial score (nSPS) is 17.3. The van der Waals surface area contributed by atoms with E-state index in [-0.39, 0.29) is 0 Å². The number of methoxy groups -OCH3 is 1. The van der Waals surface area contributed by atoms with Crippen LogP contribution < -0.4 is 0 Å². The van der Waals surface area contributed by atoms with Crippen LogP contribution in [0.1, 0.15) is 32.6 Å². The van der Waals surface area contributed by atoms with Crippen molar-refractivity contribution in [1.29, 1.82) is 0 Å². The summed E-state index contributed by atoms with van der Waals surface area (Å²) in [6.45, 7) is 1.54. The van der Waals surface area contributed by atoms with Crippen molar-refractivity contribution in [2.75, 3.05) is 28.3 Å². The zero-order valence-electron chi connectivity index (χ0n) is 13.4. The second kappa shape index (κ2) is 6.74. The van der Waals surface area contributed by atoms with Crippen molar-refractivity contribution in [1.82, 2.24) is 9.80 Å². The number of urea groups is 1. The van der Waals surface area contributed by atoms with Crippen LogP contribution in [0.4, 0.5) is 4.79 Å². The summed E-state index contributed by atoms with van der Waals surface area (Å²) in [6.07, 6.45) is 5.40. The van der Waals surface area contributed by atoms with E-state index in [1.165, 1.54) is 26.0 Å². The van der Waals surface area contributed by atoms with E-state index in [9.17, 15) is 14.4 Å². The summed E-state index contributed by atoms with van der Waals surface area (Å²) in [5.41, 5.74) is -0.695. The molecule has 6 heteroatoms. The fourth-order valence-electron chi connectivity index (χ4n) is 2.57. The standard InChI is InChI=1S/C15H24N2O4/c1-15(13(19)21-5,11-9-7-6-8-10-11)12(18)17(4)14(20)16(2)3/h9H,6-8,10H2,1-5H3. The third-order valence-electron chi connectivity index (χ3n) is 3.93. The fourth-order valence-corrected chi connectivity index (χ4v) is 2.57. The Kier molecular flexibility index (Phi) is 5.52. The summed E-state index contributed by atoms with van der Waals surface area (Å²) in [7, 11) is 5.75. The molecule has 0 bridgehead atoms. The molecule has 0 saturated heterocycles. The van der Waals surface area contributed by atoms with Crippen LogP contribution in [0.5, 0.6) is 0 Å². The maximum absolute atomic E-state index is 12.7. The first kappa shape index (κ1) is 17.2. The molecule has 1 atom stereocenters. The molecule has 0 aliphatic heterocycles. The van der Waals surface area contributed by atoms with E-state index in [0.717, 1.165) is 29.7 Å². The quantitative estimate of drug-likeness (QED) is 0.452. The number of carbonyl (C=O) groups is 3. The molecule has 0 aromatic heterocycles. The number of hydrogen-bond acceptors (Lipinski definition) is 4. The largest absolute Gasteiger partial charge is 0.468 e. The zero-order valence-corrected chi connectivity index (χ0v) is 13.4. The number of ether oxygens (including phenoxy) is 1. The van der Waals surface area contributed by atoms with Gasteiger partial charge < -0.3 is 9.64 Å². The van der Waals surface area contributed by atoms with Gasteiger partial charge in [-0.05, 0) is 38.2 Å². The summed E-state index contributed by atoms with van der Waals surface area (Å²) in [5, 5.41) is 0. The highest BCUT2D eigenvalue weighted by Gasteiger charge is 2.48. The van der Waals surface area contributed by atoms with Crippen molar-refractivity contribution < 1.29 is 19.1 Å². The maximum Gasteiger partial charge on any atom is 0.325 e. The van der Waals surface area contributed by atoms with E-state index in [0.29, 0.717) is 6.42 Å². The molecule has 0 N–H and O–H groups in total. The van der Waals surface area contributed by atoms with Gasteiger partial charge >= 0.3 is 12.0 Å². The van der Waals surface area contributed by atoms with Gasteiger partial charge in [0.05, 0.1) is 7.11 Å². The van der Waals surface area contributed by atoms with Crippen LogP contribution in [0, 0.1) is 5.41 Å². The summed E-state index contributed by atoms with van der Waals surface area (Å²) in [4.78, 5) is 39.2. The highest BCUT2D eigenvalue weighted by Crippen LogP contribution is 2.37. The Hall–Kier alpha value is -1.85. The minimum Gasteiger partial charge on any atom is -0.468 e. The van der Waals surface area contributed by atoms with E-state index in [1.54, 1.807) is 14.1 Å². The molecule has 118 valence electrons. The first-order valence-electron chi connectivity index (χ1n) is 7.04. The van der Waals surface area contributed by atoms with Gasteiger partial charge in [0.1, 0.15) is 0 Å². The Bertz CT molecular complexity index is 470. The number of esters is 1. The Morgan fingerprint density at radius 3 is 2.24 bits per heavy atom. The van der Waals surface area contributed by atoms with Crippen LogP contribution in [0.15, 0.2) is 11.6 Å². The number of rotatable bonds is 3. The molecule has 1 aliphatic rings. The Labute approximate surface area is 125 Å². The van der Waals surface area contributed by atoms with Gasteiger partial charge in [0.15, 0.2) is 5.41 Å². The highest BCUT2D eigenvalue weighted by atomic mass is 16.5. The predicted octanol–water partition coefficient (Wildman–Crippen LogP) is 1.81. The lowest BCUT2D eigenvalue weighted by atomic mass is 9.76. The highest BCUT2D eigenvalue weighted by molar-refractivity contribution is 6.10. The maximum atomic E-state index is 12.7. The average molecular weight is 296 g/mol. The van der Waals surface area contributed by atoms with Crippen LogP contribution in [0.2, 0.25) is 0 Å². The average Bonchev–Trinajstić information content (AvgIpc) is 2.51. The zero-order chi connectivity index (χ0) is 16.2. The van der Waals surface area contributed by atoms with Gasteiger partial charge in [-0.15, -0.1) is 0 Å². The van der Waals surface area contributed by atoms with Crippen LogP contribution in [0.3, 0.4) is 0 Å². The molecule has 6 nitrogen and oxygen atoms in total. The molecule has 0 saturated carbocycles. The van der Waals surface area contributed by atoms with Crippen molar-refractivity contribution in [3.63, 3.8) is 0 Å². The SMILES string of the molecule is COC(=O)C(C)(C(=O)N(C)C(=O)N(C)C)C1=CCCCC1. The molecule has 1 unspecified atom stereocenters. The van der Waals surface area contributed by atoms with Crippen molar-refractivity contribution in [2.45, 2.75) is 32.6 Å². The molecular weight excluding hydrogens is 272 g/mol. The first-order valence-corrected chi connectivity index (χ1v) is 7.04. The lowest BCUT2D eigenvalue weighted by Crippen LogP contribution is -2.51. The van der Waals surface area contributed by atoms with Crippen molar-refractivity contribution in [3.05, 3.63) is 11.6 Å². The molecule has 0 aromatic carbocycles. The molecule has 0 radical (unpaired) electrons. The minimum atomic E-state index is -1.43. The number of hydrogen-bond donors (Lipinski definition) is 0. The number of imide groups is 1. The van der Waals surface area contributed by atoms with Gasteiger partial charge in [-0.25, -0.2) is 4.79 Å². The number of allylic oxidation sites excluding steroid dienone is 1. The van der Waals surface area contributed by atoms with Crippen LogP contribution in [-0.2, 0) is 14.3 Å². The van der Waals surface area contributed by atoms with E-state index < -0.39 is 23.3 Å². The Morgan fingerprint density at radius 1 is 1.19 bits per heavy atom. The van der Waals surface area contributed by atoms with Gasteiger partial charge in [-0.1, -0.05) is 6.08 Å². The van der Waals surface area contributed by atoms with Gasteiger partial charge in [0.25, 0.3) is 5.91 Å². The van der Waals surface area contributed by atoms with Gasteiger partial charge in [-0.3, -0.25) is 14.5 Å². The molecule has 0 spiro atoms. The van der Waals surface area contributed by atoms with E-state index in [1.807, 2.05) is 6.08 Å². The lowest BCUT2D eigenvalue weighted by molar-refractivity contribution is -0.157. The molecule has 0 heterocycles. The van der Waals surface area contributed by atoms with Crippen LogP contribution in [0.25, 0.3) is 0 Å². The second-order valence-electron chi connectivity index (χ2n) is 5.63. The van der Waals surface area contributed by atoms with Crippen LogP contribution >= 0.6 is 0 Å². The number of nitrogens with zero attached hydrogens (tertiary/aromatic N) is 2. The third kappa shape index (κ3) is 3.25. The Balaban J connectivity index is 3.19. The molecule has 21 heavy (non-hydrogen) atoms. The van der Waals surface area contributed by atoms with Crippen LogP contribution in [-0.4, -0.2) is 56.0 Å². The minimum absolute atomic E-state index is 0.466. The summed E-state index contributed by atoms with van der Waals surface area (Å²) >= 11 is 0. The third-order valence-corrected chi connectivity index (χ3v) is 3.93. The van der Waals surface area contributed by atoms with E-state index >= 15 is 0 Å². The Morgan fingerprint density at radius 2 is 1.81 bits per heavy atom. The predicted molar refractivity (Wildman–Crippen MR) is 78.5 cm³/mol. The summed E-state index contributed by atoms with van der Waals surface area (Å²) < 4.78 is 4.83. The monoisotopic (exact) mass is 296 g/mol. The molecule has 1 rings (SSSR count). The summed E-state index contributed by atoms with van der Waals surface area (Å²) in [5.74, 6) is -1.18. The number of carbonyl (C=O) groups excluding carboxylic acids is 3. The molecular formula is C15H24N2O4. The van der Waals surface area contributed by atoms with Gasteiger partial charge in [0, 0.05) is 21.1 Å². The van der Waals surface area contributed by atoms with E-state index in [4.69, 9.17) is 4.74 Å². The first-order chi connectivity index (χ1) is 9.76. The molecule has 3 amide bonds. The van der Waals surface area contributed by atoms with Gasteiger partial charge in [0.2, 0.25) is 0 Å². The number of amides is 3. The van der Waals surface area contributed by atoms with Crippen molar-refractivity contribution >= 4 is 17.9 Å². The van der Waals surface area contributed by atoms with Crippen molar-refractivity contribution in [3.8, 4) is 0 Å². The smallest absolute Gasteiger partial charge is 0.325 e. The lowest BCUT2D eigenvalue weighted by Gasteiger charge is -2.33. The van der Waals surface area contributed by atoms with Gasteiger partial charge in [-0.2, -0.15) is 0 Å². The summed E-state index contributed by atoms with van der Waals surface area (Å²) in [6, 6.07) is -0.466. The second-order valence-corrected chi connectivity index (χ2v) is 5.63. The molecule has 1 aliphatic carbocycles.